The van der Waals surface area contributed by atoms with E-state index in [1.54, 1.807) is 4.90 Å². The van der Waals surface area contributed by atoms with Gasteiger partial charge in [-0.1, -0.05) is 83.8 Å². The van der Waals surface area contributed by atoms with Crippen molar-refractivity contribution in [2.75, 3.05) is 13.2 Å². The van der Waals surface area contributed by atoms with Crippen LogP contribution < -0.4 is 10.1 Å². The third kappa shape index (κ3) is 8.61. The molecule has 37 heavy (non-hydrogen) atoms. The molecule has 0 saturated carbocycles. The molecule has 0 aliphatic rings. The monoisotopic (exact) mass is 584 g/mol. The summed E-state index contributed by atoms with van der Waals surface area (Å²) in [6, 6.07) is 20.4. The van der Waals surface area contributed by atoms with E-state index in [1.807, 2.05) is 94.4 Å². The maximum absolute atomic E-state index is 13.7. The van der Waals surface area contributed by atoms with Gasteiger partial charge in [0.1, 0.15) is 11.8 Å². The molecular formula is C30H34BrClN2O3. The van der Waals surface area contributed by atoms with Crippen LogP contribution in [0, 0.1) is 19.8 Å². The molecule has 0 fully saturated rings. The highest BCUT2D eigenvalue weighted by atomic mass is 79.9. The summed E-state index contributed by atoms with van der Waals surface area (Å²) in [6.45, 7) is 8.50. The van der Waals surface area contributed by atoms with Crippen molar-refractivity contribution >= 4 is 39.3 Å². The SMILES string of the molecule is Cc1cc(OCC(=O)N(Cc2ccc(Br)cc2)C(Cc2ccccc2)C(=O)NCC(C)C)cc(C)c1Cl. The molecule has 1 unspecified atom stereocenters. The van der Waals surface area contributed by atoms with E-state index in [1.165, 1.54) is 0 Å². The van der Waals surface area contributed by atoms with Crippen molar-refractivity contribution in [1.82, 2.24) is 10.2 Å². The average Bonchev–Trinajstić information content (AvgIpc) is 2.88. The molecule has 3 rings (SSSR count). The lowest BCUT2D eigenvalue weighted by molar-refractivity contribution is -0.142. The minimum absolute atomic E-state index is 0.179. The Morgan fingerprint density at radius 1 is 0.973 bits per heavy atom. The number of halogens is 2. The van der Waals surface area contributed by atoms with Crippen LogP contribution in [-0.4, -0.2) is 35.9 Å². The molecule has 0 heterocycles. The quantitative estimate of drug-likeness (QED) is 0.279. The van der Waals surface area contributed by atoms with Gasteiger partial charge in [-0.15, -0.1) is 0 Å². The van der Waals surface area contributed by atoms with Crippen LogP contribution in [0.1, 0.15) is 36.1 Å². The van der Waals surface area contributed by atoms with E-state index in [4.69, 9.17) is 16.3 Å². The molecule has 0 radical (unpaired) electrons. The molecule has 0 aliphatic carbocycles. The van der Waals surface area contributed by atoms with Gasteiger partial charge < -0.3 is 15.0 Å². The molecule has 0 saturated heterocycles. The van der Waals surface area contributed by atoms with E-state index in [9.17, 15) is 9.59 Å². The molecule has 0 bridgehead atoms. The maximum atomic E-state index is 13.7. The van der Waals surface area contributed by atoms with Crippen molar-refractivity contribution in [2.24, 2.45) is 5.92 Å². The largest absolute Gasteiger partial charge is 0.484 e. The van der Waals surface area contributed by atoms with E-state index in [0.717, 1.165) is 26.7 Å². The Bertz CT molecular complexity index is 1180. The highest BCUT2D eigenvalue weighted by Crippen LogP contribution is 2.26. The lowest BCUT2D eigenvalue weighted by Crippen LogP contribution is -2.52. The van der Waals surface area contributed by atoms with Crippen LogP contribution in [0.4, 0.5) is 0 Å². The summed E-state index contributed by atoms with van der Waals surface area (Å²) < 4.78 is 6.86. The van der Waals surface area contributed by atoms with Crippen molar-refractivity contribution in [3.63, 3.8) is 0 Å². The second-order valence-corrected chi connectivity index (χ2v) is 10.9. The molecule has 1 atom stereocenters. The third-order valence-electron chi connectivity index (χ3n) is 5.99. The highest BCUT2D eigenvalue weighted by Gasteiger charge is 2.30. The van der Waals surface area contributed by atoms with Crippen molar-refractivity contribution < 1.29 is 14.3 Å². The molecule has 0 aromatic heterocycles. The van der Waals surface area contributed by atoms with Gasteiger partial charge in [-0.3, -0.25) is 9.59 Å². The number of ether oxygens (including phenoxy) is 1. The molecule has 196 valence electrons. The summed E-state index contributed by atoms with van der Waals surface area (Å²) in [7, 11) is 0. The van der Waals surface area contributed by atoms with Gasteiger partial charge in [-0.05, 0) is 66.3 Å². The average molecular weight is 586 g/mol. The topological polar surface area (TPSA) is 58.6 Å². The first-order chi connectivity index (χ1) is 17.6. The number of hydrogen-bond acceptors (Lipinski definition) is 3. The number of benzene rings is 3. The van der Waals surface area contributed by atoms with Crippen molar-refractivity contribution in [3.8, 4) is 5.75 Å². The van der Waals surface area contributed by atoms with Crippen LogP contribution in [0.2, 0.25) is 5.02 Å². The van der Waals surface area contributed by atoms with Gasteiger partial charge in [0, 0.05) is 29.0 Å². The van der Waals surface area contributed by atoms with Crippen molar-refractivity contribution in [2.45, 2.75) is 46.7 Å². The number of nitrogens with zero attached hydrogens (tertiary/aromatic N) is 1. The van der Waals surface area contributed by atoms with Gasteiger partial charge >= 0.3 is 0 Å². The minimum Gasteiger partial charge on any atom is -0.484 e. The van der Waals surface area contributed by atoms with Crippen LogP contribution in [-0.2, 0) is 22.6 Å². The lowest BCUT2D eigenvalue weighted by atomic mass is 10.0. The molecule has 3 aromatic rings. The predicted molar refractivity (Wildman–Crippen MR) is 153 cm³/mol. The van der Waals surface area contributed by atoms with Crippen molar-refractivity contribution in [3.05, 3.63) is 98.5 Å². The van der Waals surface area contributed by atoms with Crippen LogP contribution in [0.3, 0.4) is 0 Å². The standard InChI is InChI=1S/C30H34BrClN2O3/c1-20(2)17-33-30(36)27(16-23-8-6-5-7-9-23)34(18-24-10-12-25(31)13-11-24)28(35)19-37-26-14-21(3)29(32)22(4)15-26/h5-15,20,27H,16-19H2,1-4H3,(H,33,36). The molecule has 1 N–H and O–H groups in total. The number of aryl methyl sites for hydroxylation is 2. The zero-order chi connectivity index (χ0) is 26.9. The zero-order valence-corrected chi connectivity index (χ0v) is 24.1. The first-order valence-corrected chi connectivity index (χ1v) is 13.6. The summed E-state index contributed by atoms with van der Waals surface area (Å²) in [5, 5.41) is 3.71. The molecule has 2 amide bonds. The second-order valence-electron chi connectivity index (χ2n) is 9.65. The first kappa shape index (κ1) is 28.7. The van der Waals surface area contributed by atoms with Crippen molar-refractivity contribution in [1.29, 1.82) is 0 Å². The number of carbonyl (C=O) groups is 2. The lowest BCUT2D eigenvalue weighted by Gasteiger charge is -2.31. The molecule has 0 spiro atoms. The summed E-state index contributed by atoms with van der Waals surface area (Å²) in [5.41, 5.74) is 3.66. The fraction of sp³-hybridized carbons (Fsp3) is 0.333. The maximum Gasteiger partial charge on any atom is 0.261 e. The second kappa shape index (κ2) is 13.6. The Labute approximate surface area is 233 Å². The molecule has 7 heteroatoms. The summed E-state index contributed by atoms with van der Waals surface area (Å²) in [4.78, 5) is 28.8. The highest BCUT2D eigenvalue weighted by molar-refractivity contribution is 9.10. The van der Waals surface area contributed by atoms with E-state index in [0.29, 0.717) is 23.7 Å². The zero-order valence-electron chi connectivity index (χ0n) is 21.8. The minimum atomic E-state index is -0.699. The fourth-order valence-electron chi connectivity index (χ4n) is 3.98. The van der Waals surface area contributed by atoms with Gasteiger partial charge in [-0.2, -0.15) is 0 Å². The predicted octanol–water partition coefficient (Wildman–Crippen LogP) is 6.51. The van der Waals surface area contributed by atoms with Gasteiger partial charge in [-0.25, -0.2) is 0 Å². The Morgan fingerprint density at radius 3 is 2.19 bits per heavy atom. The molecule has 0 aliphatic heterocycles. The van der Waals surface area contributed by atoms with Gasteiger partial charge in [0.2, 0.25) is 5.91 Å². The Morgan fingerprint density at radius 2 is 1.59 bits per heavy atom. The molecule has 3 aromatic carbocycles. The van der Waals surface area contributed by atoms with E-state index >= 15 is 0 Å². The number of rotatable bonds is 11. The van der Waals surface area contributed by atoms with Crippen LogP contribution >= 0.6 is 27.5 Å². The van der Waals surface area contributed by atoms with Crippen LogP contribution in [0.5, 0.6) is 5.75 Å². The third-order valence-corrected chi connectivity index (χ3v) is 7.12. The Kier molecular flexibility index (Phi) is 10.6. The Balaban J connectivity index is 1.91. The van der Waals surface area contributed by atoms with Gasteiger partial charge in [0.05, 0.1) is 0 Å². The molecule has 5 nitrogen and oxygen atoms in total. The fourth-order valence-corrected chi connectivity index (χ4v) is 4.35. The first-order valence-electron chi connectivity index (χ1n) is 12.4. The van der Waals surface area contributed by atoms with Crippen LogP contribution in [0.15, 0.2) is 71.2 Å². The summed E-state index contributed by atoms with van der Waals surface area (Å²) in [5.74, 6) is 0.409. The van der Waals surface area contributed by atoms with E-state index in [2.05, 4.69) is 21.2 Å². The number of nitrogens with one attached hydrogen (secondary N) is 1. The molecular weight excluding hydrogens is 552 g/mol. The Hall–Kier alpha value is -2.83. The summed E-state index contributed by atoms with van der Waals surface area (Å²) >= 11 is 9.76. The van der Waals surface area contributed by atoms with E-state index in [-0.39, 0.29) is 30.9 Å². The normalized spacial score (nSPS) is 11.8. The number of hydrogen-bond donors (Lipinski definition) is 1. The van der Waals surface area contributed by atoms with E-state index < -0.39 is 6.04 Å². The summed E-state index contributed by atoms with van der Waals surface area (Å²) in [6.07, 6.45) is 0.395. The smallest absolute Gasteiger partial charge is 0.261 e. The number of amides is 2. The van der Waals surface area contributed by atoms with Crippen LogP contribution in [0.25, 0.3) is 0 Å². The number of carbonyl (C=O) groups excluding carboxylic acids is 2. The van der Waals surface area contributed by atoms with Gasteiger partial charge in [0.15, 0.2) is 6.61 Å². The van der Waals surface area contributed by atoms with Gasteiger partial charge in [0.25, 0.3) is 5.91 Å².